The molecule has 1 heterocycles. The van der Waals surface area contributed by atoms with E-state index in [4.69, 9.17) is 9.84 Å². The molecule has 2 N–H and O–H groups in total. The van der Waals surface area contributed by atoms with E-state index >= 15 is 0 Å². The first-order chi connectivity index (χ1) is 9.13. The Labute approximate surface area is 117 Å². The normalized spacial score (nSPS) is 16.5. The average molecular weight is 283 g/mol. The van der Waals surface area contributed by atoms with Crippen molar-refractivity contribution in [3.8, 4) is 0 Å². The highest BCUT2D eigenvalue weighted by atomic mass is 32.1. The zero-order valence-electron chi connectivity index (χ0n) is 11.3. The van der Waals surface area contributed by atoms with E-state index in [9.17, 15) is 4.79 Å². The lowest BCUT2D eigenvalue weighted by Gasteiger charge is -2.14. The fourth-order valence-corrected chi connectivity index (χ4v) is 3.20. The predicted molar refractivity (Wildman–Crippen MR) is 75.5 cm³/mol. The minimum Gasteiger partial charge on any atom is -0.481 e. The van der Waals surface area contributed by atoms with Gasteiger partial charge >= 0.3 is 5.97 Å². The van der Waals surface area contributed by atoms with Gasteiger partial charge in [0.15, 0.2) is 0 Å². The lowest BCUT2D eigenvalue weighted by molar-refractivity contribution is -0.136. The third-order valence-corrected chi connectivity index (χ3v) is 4.72. The zero-order valence-corrected chi connectivity index (χ0v) is 12.1. The van der Waals surface area contributed by atoms with E-state index in [1.165, 1.54) is 17.7 Å². The highest BCUT2D eigenvalue weighted by Gasteiger charge is 2.41. The number of hydrogen-bond acceptors (Lipinski definition) is 4. The molecule has 1 aromatic rings. The zero-order chi connectivity index (χ0) is 13.7. The summed E-state index contributed by atoms with van der Waals surface area (Å²) < 4.78 is 5.14. The molecule has 1 saturated carbocycles. The van der Waals surface area contributed by atoms with Gasteiger partial charge in [0.2, 0.25) is 0 Å². The van der Waals surface area contributed by atoms with Gasteiger partial charge in [0.25, 0.3) is 0 Å². The third-order valence-electron chi connectivity index (χ3n) is 3.64. The van der Waals surface area contributed by atoms with Crippen LogP contribution in [0.1, 0.15) is 29.0 Å². The number of carboxylic acid groups (broad SMARTS) is 1. The van der Waals surface area contributed by atoms with Crippen LogP contribution in [0.15, 0.2) is 12.1 Å². The first-order valence-electron chi connectivity index (χ1n) is 6.63. The topological polar surface area (TPSA) is 58.6 Å². The Balaban J connectivity index is 1.71. The van der Waals surface area contributed by atoms with Crippen molar-refractivity contribution in [2.45, 2.75) is 32.2 Å². The van der Waals surface area contributed by atoms with Crippen LogP contribution in [0.2, 0.25) is 0 Å². The molecule has 0 aliphatic heterocycles. The first-order valence-corrected chi connectivity index (χ1v) is 7.44. The van der Waals surface area contributed by atoms with E-state index in [-0.39, 0.29) is 6.42 Å². The molecule has 0 spiro atoms. The molecular weight excluding hydrogens is 262 g/mol. The largest absolute Gasteiger partial charge is 0.481 e. The fraction of sp³-hybridized carbons (Fsp3) is 0.643. The first kappa shape index (κ1) is 14.5. The van der Waals surface area contributed by atoms with Gasteiger partial charge in [-0.15, -0.1) is 11.3 Å². The maximum Gasteiger partial charge on any atom is 0.308 e. The van der Waals surface area contributed by atoms with Gasteiger partial charge in [-0.3, -0.25) is 4.79 Å². The fourth-order valence-electron chi connectivity index (χ4n) is 2.22. The van der Waals surface area contributed by atoms with E-state index < -0.39 is 5.97 Å². The Morgan fingerprint density at radius 1 is 1.47 bits per heavy atom. The van der Waals surface area contributed by atoms with Gasteiger partial charge in [-0.05, 0) is 36.8 Å². The average Bonchev–Trinajstić information content (AvgIpc) is 3.00. The van der Waals surface area contributed by atoms with Crippen molar-refractivity contribution in [2.75, 3.05) is 20.3 Å². The number of carboxylic acids is 1. The van der Waals surface area contributed by atoms with Gasteiger partial charge in [0.05, 0.1) is 6.42 Å². The summed E-state index contributed by atoms with van der Waals surface area (Å²) in [6.45, 7) is 2.70. The lowest BCUT2D eigenvalue weighted by atomic mass is 10.0. The molecule has 0 amide bonds. The predicted octanol–water partition coefficient (Wildman–Crippen LogP) is 2.28. The summed E-state index contributed by atoms with van der Waals surface area (Å²) in [5.41, 5.74) is 0.456. The van der Waals surface area contributed by atoms with Crippen LogP contribution in [-0.4, -0.2) is 31.3 Å². The highest BCUT2D eigenvalue weighted by Crippen LogP contribution is 2.48. The van der Waals surface area contributed by atoms with Gasteiger partial charge < -0.3 is 15.2 Å². The van der Waals surface area contributed by atoms with E-state index in [0.29, 0.717) is 5.41 Å². The maximum atomic E-state index is 10.6. The summed E-state index contributed by atoms with van der Waals surface area (Å²) in [7, 11) is 1.75. The Morgan fingerprint density at radius 2 is 2.21 bits per heavy atom. The van der Waals surface area contributed by atoms with Gasteiger partial charge in [0.1, 0.15) is 0 Å². The molecule has 1 aliphatic rings. The Morgan fingerprint density at radius 3 is 2.84 bits per heavy atom. The van der Waals surface area contributed by atoms with E-state index in [0.717, 1.165) is 31.0 Å². The summed E-state index contributed by atoms with van der Waals surface area (Å²) >= 11 is 1.58. The monoisotopic (exact) mass is 283 g/mol. The molecule has 0 unspecified atom stereocenters. The van der Waals surface area contributed by atoms with Crippen molar-refractivity contribution in [1.82, 2.24) is 5.32 Å². The van der Waals surface area contributed by atoms with Crippen LogP contribution in [0.5, 0.6) is 0 Å². The molecule has 0 bridgehead atoms. The van der Waals surface area contributed by atoms with Gasteiger partial charge in [-0.1, -0.05) is 0 Å². The van der Waals surface area contributed by atoms with Crippen LogP contribution >= 0.6 is 11.3 Å². The molecule has 1 aliphatic carbocycles. The van der Waals surface area contributed by atoms with E-state index in [2.05, 4.69) is 5.32 Å². The van der Waals surface area contributed by atoms with Crippen molar-refractivity contribution in [2.24, 2.45) is 5.41 Å². The van der Waals surface area contributed by atoms with Crippen molar-refractivity contribution in [3.05, 3.63) is 21.9 Å². The molecule has 106 valence electrons. The van der Waals surface area contributed by atoms with E-state index in [1.54, 1.807) is 18.4 Å². The number of ether oxygens (including phenoxy) is 1. The molecule has 1 aromatic heterocycles. The smallest absolute Gasteiger partial charge is 0.308 e. The third kappa shape index (κ3) is 4.60. The molecule has 0 saturated heterocycles. The minimum atomic E-state index is -0.766. The van der Waals surface area contributed by atoms with Crippen molar-refractivity contribution >= 4 is 17.3 Å². The molecule has 0 radical (unpaired) electrons. The second kappa shape index (κ2) is 6.50. The molecule has 0 atom stereocenters. The molecule has 1 fully saturated rings. The Bertz CT molecular complexity index is 426. The van der Waals surface area contributed by atoms with Crippen LogP contribution in [0.3, 0.4) is 0 Å². The molecule has 5 heteroatoms. The summed E-state index contributed by atoms with van der Waals surface area (Å²) in [6.07, 6.45) is 3.84. The highest BCUT2D eigenvalue weighted by molar-refractivity contribution is 7.12. The lowest BCUT2D eigenvalue weighted by Crippen LogP contribution is -2.24. The number of rotatable bonds is 9. The van der Waals surface area contributed by atoms with Crippen LogP contribution in [-0.2, 0) is 22.5 Å². The number of nitrogens with one attached hydrogen (secondary N) is 1. The standard InChI is InChI=1S/C14H21NO3S/c1-18-7-6-14(4-5-14)10-15-9-12-3-2-11(19-12)8-13(16)17/h2-3,15H,4-10H2,1H3,(H,16,17). The van der Waals surface area contributed by atoms with Crippen LogP contribution < -0.4 is 5.32 Å². The quantitative estimate of drug-likeness (QED) is 0.730. The van der Waals surface area contributed by atoms with Crippen molar-refractivity contribution < 1.29 is 14.6 Å². The molecule has 0 aromatic carbocycles. The molecule has 19 heavy (non-hydrogen) atoms. The Hall–Kier alpha value is -0.910. The number of carbonyl (C=O) groups is 1. The molecular formula is C14H21NO3S. The summed E-state index contributed by atoms with van der Waals surface area (Å²) in [5.74, 6) is -0.766. The van der Waals surface area contributed by atoms with Crippen LogP contribution in [0.25, 0.3) is 0 Å². The SMILES string of the molecule is COCCC1(CNCc2ccc(CC(=O)O)s2)CC1. The van der Waals surface area contributed by atoms with Crippen LogP contribution in [0.4, 0.5) is 0 Å². The number of hydrogen-bond donors (Lipinski definition) is 2. The summed E-state index contributed by atoms with van der Waals surface area (Å²) in [4.78, 5) is 12.7. The Kier molecular flexibility index (Phi) is 4.96. The number of aliphatic carboxylic acids is 1. The van der Waals surface area contributed by atoms with Crippen molar-refractivity contribution in [3.63, 3.8) is 0 Å². The van der Waals surface area contributed by atoms with E-state index in [1.807, 2.05) is 12.1 Å². The summed E-state index contributed by atoms with van der Waals surface area (Å²) in [6, 6.07) is 3.93. The summed E-state index contributed by atoms with van der Waals surface area (Å²) in [5, 5.41) is 12.2. The number of thiophene rings is 1. The van der Waals surface area contributed by atoms with Gasteiger partial charge in [-0.25, -0.2) is 0 Å². The van der Waals surface area contributed by atoms with Crippen molar-refractivity contribution in [1.29, 1.82) is 0 Å². The molecule has 4 nitrogen and oxygen atoms in total. The second-order valence-electron chi connectivity index (χ2n) is 5.28. The second-order valence-corrected chi connectivity index (χ2v) is 6.54. The molecule has 2 rings (SSSR count). The van der Waals surface area contributed by atoms with Crippen LogP contribution in [0, 0.1) is 5.41 Å². The number of methoxy groups -OCH3 is 1. The van der Waals surface area contributed by atoms with Gasteiger partial charge in [0, 0.05) is 36.6 Å². The van der Waals surface area contributed by atoms with Gasteiger partial charge in [-0.2, -0.15) is 0 Å². The maximum absolute atomic E-state index is 10.6. The minimum absolute atomic E-state index is 0.127.